The van der Waals surface area contributed by atoms with Gasteiger partial charge in [0.1, 0.15) is 29.9 Å². The summed E-state index contributed by atoms with van der Waals surface area (Å²) in [5, 5.41) is 22.7. The van der Waals surface area contributed by atoms with Crippen molar-refractivity contribution in [2.24, 2.45) is 0 Å². The lowest BCUT2D eigenvalue weighted by Gasteiger charge is -2.28. The molecule has 0 saturated heterocycles. The van der Waals surface area contributed by atoms with Crippen LogP contribution >= 0.6 is 0 Å². The molecule has 2 aromatic carbocycles. The zero-order chi connectivity index (χ0) is 27.1. The second-order valence-electron chi connectivity index (χ2n) is 8.99. The van der Waals surface area contributed by atoms with Crippen LogP contribution in [0.5, 0.6) is 0 Å². The zero-order valence-electron chi connectivity index (χ0n) is 21.1. The van der Waals surface area contributed by atoms with Crippen LogP contribution in [-0.2, 0) is 18.7 Å². The number of carbonyl (C=O) groups excluding carboxylic acids is 1. The van der Waals surface area contributed by atoms with Crippen LogP contribution in [0.2, 0.25) is 0 Å². The van der Waals surface area contributed by atoms with Crippen LogP contribution in [0.1, 0.15) is 53.7 Å². The number of rotatable bonds is 9. The molecule has 1 unspecified atom stereocenters. The quantitative estimate of drug-likeness (QED) is 0.330. The monoisotopic (exact) mass is 518 g/mol. The summed E-state index contributed by atoms with van der Waals surface area (Å²) in [6.45, 7) is 3.80. The molecule has 2 heterocycles. The normalized spacial score (nSPS) is 12.6. The summed E-state index contributed by atoms with van der Waals surface area (Å²) in [7, 11) is 0. The number of benzene rings is 2. The number of halogens is 2. The molecule has 0 bridgehead atoms. The molecule has 0 fully saturated rings. The largest absolute Gasteiger partial charge is 0.381 e. The maximum Gasteiger partial charge on any atom is 0.251 e. The van der Waals surface area contributed by atoms with Crippen molar-refractivity contribution in [1.82, 2.24) is 29.9 Å². The molecular formula is C28H28F2N6O2. The van der Waals surface area contributed by atoms with E-state index >= 15 is 0 Å². The van der Waals surface area contributed by atoms with Gasteiger partial charge in [0.2, 0.25) is 0 Å². The predicted octanol–water partition coefficient (Wildman–Crippen LogP) is 3.66. The van der Waals surface area contributed by atoms with Crippen LogP contribution in [0.25, 0.3) is 0 Å². The Morgan fingerprint density at radius 3 is 2.39 bits per heavy atom. The molecule has 4 rings (SSSR count). The van der Waals surface area contributed by atoms with Crippen LogP contribution in [-0.4, -0.2) is 41.6 Å². The van der Waals surface area contributed by atoms with Crippen molar-refractivity contribution in [1.29, 1.82) is 0 Å². The number of nitrogens with zero attached hydrogens (tertiary/aromatic N) is 5. The Balaban J connectivity index is 1.49. The van der Waals surface area contributed by atoms with E-state index in [2.05, 4.69) is 32.3 Å². The van der Waals surface area contributed by atoms with Crippen molar-refractivity contribution in [2.45, 2.75) is 51.4 Å². The third-order valence-electron chi connectivity index (χ3n) is 6.20. The Morgan fingerprint density at radius 2 is 1.74 bits per heavy atom. The van der Waals surface area contributed by atoms with Gasteiger partial charge in [-0.15, -0.1) is 0 Å². The van der Waals surface area contributed by atoms with Crippen molar-refractivity contribution in [3.63, 3.8) is 0 Å². The number of amides is 1. The molecule has 0 aliphatic carbocycles. The highest BCUT2D eigenvalue weighted by molar-refractivity contribution is 5.94. The number of aromatic nitrogens is 5. The van der Waals surface area contributed by atoms with Gasteiger partial charge in [0, 0.05) is 35.0 Å². The molecule has 2 N–H and O–H groups in total. The Hall–Kier alpha value is -4.36. The van der Waals surface area contributed by atoms with Crippen LogP contribution in [0.3, 0.4) is 0 Å². The highest BCUT2D eigenvalue weighted by Gasteiger charge is 2.34. The Morgan fingerprint density at radius 1 is 1.03 bits per heavy atom. The molecule has 0 aliphatic rings. The number of carbonyl (C=O) groups is 1. The summed E-state index contributed by atoms with van der Waals surface area (Å²) in [5.74, 6) is 4.29. The van der Waals surface area contributed by atoms with Crippen molar-refractivity contribution < 1.29 is 18.7 Å². The maximum atomic E-state index is 14.6. The van der Waals surface area contributed by atoms with Gasteiger partial charge in [0.15, 0.2) is 0 Å². The molecule has 0 spiro atoms. The Bertz CT molecular complexity index is 1440. The lowest BCUT2D eigenvalue weighted by Crippen LogP contribution is -2.37. The van der Waals surface area contributed by atoms with Gasteiger partial charge in [0.05, 0.1) is 24.8 Å². The van der Waals surface area contributed by atoms with Crippen LogP contribution < -0.4 is 5.32 Å². The first-order chi connectivity index (χ1) is 18.3. The lowest BCUT2D eigenvalue weighted by atomic mass is 9.93. The topological polar surface area (TPSA) is 97.9 Å². The molecule has 2 aromatic heterocycles. The second-order valence-corrected chi connectivity index (χ2v) is 8.99. The first-order valence-electron chi connectivity index (χ1n) is 12.3. The smallest absolute Gasteiger partial charge is 0.251 e. The third-order valence-corrected chi connectivity index (χ3v) is 6.20. The summed E-state index contributed by atoms with van der Waals surface area (Å²) >= 11 is 0. The first-order valence-corrected chi connectivity index (χ1v) is 12.3. The molecule has 0 radical (unpaired) electrons. The standard InChI is InChI=1S/C28H28F2N6O2/c1-3-24(4-2)34-27(37)22-9-7-20(8-10-22)5-6-21-14-32-35(15-21)16-28(38,17-36-19-31-18-33-36)25-12-11-23(29)13-26(25)30/h7-15,18-19,24,38H,3-4,16-17H2,1-2H3,(H,34,37). The number of nitrogens with one attached hydrogen (secondary N) is 1. The van der Waals surface area contributed by atoms with Crippen LogP contribution in [0.15, 0.2) is 67.5 Å². The number of aliphatic hydroxyl groups is 1. The van der Waals surface area contributed by atoms with E-state index in [0.717, 1.165) is 25.0 Å². The fraction of sp³-hybridized carbons (Fsp3) is 0.286. The molecule has 38 heavy (non-hydrogen) atoms. The second kappa shape index (κ2) is 11.8. The average Bonchev–Trinajstić information content (AvgIpc) is 3.58. The van der Waals surface area contributed by atoms with Gasteiger partial charge in [-0.3, -0.25) is 9.48 Å². The molecule has 196 valence electrons. The van der Waals surface area contributed by atoms with Crippen molar-refractivity contribution in [3.8, 4) is 11.8 Å². The zero-order valence-corrected chi connectivity index (χ0v) is 21.1. The van der Waals surface area contributed by atoms with E-state index < -0.39 is 17.2 Å². The molecule has 0 saturated carbocycles. The highest BCUT2D eigenvalue weighted by atomic mass is 19.1. The number of hydrogen-bond acceptors (Lipinski definition) is 5. The lowest BCUT2D eigenvalue weighted by molar-refractivity contribution is -0.00847. The van der Waals surface area contributed by atoms with E-state index in [1.165, 1.54) is 34.3 Å². The fourth-order valence-corrected chi connectivity index (χ4v) is 4.06. The van der Waals surface area contributed by atoms with Gasteiger partial charge in [-0.25, -0.2) is 18.4 Å². The fourth-order valence-electron chi connectivity index (χ4n) is 4.06. The Labute approximate surface area is 219 Å². The molecule has 1 atom stereocenters. The maximum absolute atomic E-state index is 14.6. The van der Waals surface area contributed by atoms with E-state index in [9.17, 15) is 18.7 Å². The number of hydrogen-bond donors (Lipinski definition) is 2. The minimum atomic E-state index is -1.80. The van der Waals surface area contributed by atoms with Gasteiger partial charge < -0.3 is 10.4 Å². The van der Waals surface area contributed by atoms with Gasteiger partial charge in [-0.05, 0) is 43.2 Å². The van der Waals surface area contributed by atoms with Crippen molar-refractivity contribution >= 4 is 5.91 Å². The molecule has 0 aliphatic heterocycles. The summed E-state index contributed by atoms with van der Waals surface area (Å²) in [6, 6.07) is 10.2. The van der Waals surface area contributed by atoms with E-state index in [-0.39, 0.29) is 30.6 Å². The third kappa shape index (κ3) is 6.49. The minimum Gasteiger partial charge on any atom is -0.381 e. The Kier molecular flexibility index (Phi) is 8.28. The van der Waals surface area contributed by atoms with E-state index in [4.69, 9.17) is 0 Å². The summed E-state index contributed by atoms with van der Waals surface area (Å²) in [5.41, 5.74) is -0.0374. The van der Waals surface area contributed by atoms with Gasteiger partial charge in [0.25, 0.3) is 5.91 Å². The molecule has 8 nitrogen and oxygen atoms in total. The summed E-state index contributed by atoms with van der Waals surface area (Å²) < 4.78 is 31.0. The van der Waals surface area contributed by atoms with Crippen molar-refractivity contribution in [2.75, 3.05) is 0 Å². The van der Waals surface area contributed by atoms with Gasteiger partial charge in [-0.2, -0.15) is 10.2 Å². The average molecular weight is 519 g/mol. The molecule has 10 heteroatoms. The van der Waals surface area contributed by atoms with E-state index in [0.29, 0.717) is 16.7 Å². The first kappa shape index (κ1) is 26.7. The predicted molar refractivity (Wildman–Crippen MR) is 137 cm³/mol. The van der Waals surface area contributed by atoms with Crippen LogP contribution in [0.4, 0.5) is 8.78 Å². The van der Waals surface area contributed by atoms with Crippen LogP contribution in [0, 0.1) is 23.5 Å². The summed E-state index contributed by atoms with van der Waals surface area (Å²) in [4.78, 5) is 16.3. The van der Waals surface area contributed by atoms with E-state index in [1.807, 2.05) is 13.8 Å². The SMILES string of the molecule is CCC(CC)NC(=O)c1ccc(C#Cc2cnn(CC(O)(Cn3cncn3)c3ccc(F)cc3F)c2)cc1. The van der Waals surface area contributed by atoms with Crippen molar-refractivity contribution in [3.05, 3.63) is 101 Å². The summed E-state index contributed by atoms with van der Waals surface area (Å²) in [6.07, 6.45) is 7.59. The highest BCUT2D eigenvalue weighted by Crippen LogP contribution is 2.28. The minimum absolute atomic E-state index is 0.0918. The van der Waals surface area contributed by atoms with E-state index in [1.54, 1.807) is 30.5 Å². The molecule has 4 aromatic rings. The van der Waals surface area contributed by atoms with Gasteiger partial charge >= 0.3 is 0 Å². The molecule has 1 amide bonds. The molecular weight excluding hydrogens is 490 g/mol. The van der Waals surface area contributed by atoms with Gasteiger partial charge in [-0.1, -0.05) is 31.8 Å².